The smallest absolute Gasteiger partial charge is 0.236 e. The maximum atomic E-state index is 11.3. The van der Waals surface area contributed by atoms with Crippen LogP contribution in [-0.2, 0) is 11.2 Å². The van der Waals surface area contributed by atoms with Gasteiger partial charge in [-0.05, 0) is 31.0 Å². The third-order valence-corrected chi connectivity index (χ3v) is 2.37. The highest BCUT2D eigenvalue weighted by Crippen LogP contribution is 2.11. The van der Waals surface area contributed by atoms with Gasteiger partial charge in [-0.25, -0.2) is 0 Å². The summed E-state index contributed by atoms with van der Waals surface area (Å²) in [5.41, 5.74) is 2.13. The summed E-state index contributed by atoms with van der Waals surface area (Å²) in [5.74, 6) is -0.0680. The first kappa shape index (κ1) is 12.1. The highest BCUT2D eigenvalue weighted by molar-refractivity contribution is 7.81. The monoisotopic (exact) mass is 223 g/mol. The lowest BCUT2D eigenvalue weighted by molar-refractivity contribution is -0.115. The lowest BCUT2D eigenvalue weighted by atomic mass is 10.1. The van der Waals surface area contributed by atoms with Gasteiger partial charge in [-0.3, -0.25) is 4.79 Å². The van der Waals surface area contributed by atoms with E-state index in [1.807, 2.05) is 24.3 Å². The van der Waals surface area contributed by atoms with E-state index < -0.39 is 0 Å². The molecule has 0 saturated heterocycles. The number of hydrogen-bond acceptors (Lipinski definition) is 2. The summed E-state index contributed by atoms with van der Waals surface area (Å²) in [6, 6.07) is 7.95. The summed E-state index contributed by atoms with van der Waals surface area (Å²) in [5, 5.41) is 2.52. The molecule has 15 heavy (non-hydrogen) atoms. The Hall–Kier alpha value is -0.960. The Morgan fingerprint density at radius 3 is 2.47 bits per heavy atom. The van der Waals surface area contributed by atoms with E-state index in [0.717, 1.165) is 18.5 Å². The molecule has 1 aromatic rings. The Morgan fingerprint density at radius 1 is 1.40 bits per heavy atom. The van der Waals surface area contributed by atoms with Gasteiger partial charge in [0.2, 0.25) is 5.91 Å². The number of amides is 1. The number of carbonyl (C=O) groups excluding carboxylic acids is 1. The molecule has 0 saturated carbocycles. The molecular weight excluding hydrogens is 206 g/mol. The Kier molecular flexibility index (Phi) is 4.69. The molecule has 0 aliphatic carbocycles. The zero-order valence-electron chi connectivity index (χ0n) is 9.16. The van der Waals surface area contributed by atoms with Crippen LogP contribution in [0.1, 0.15) is 25.8 Å². The SMILES string of the molecule is CCCc1ccc(NC(=O)C(C)S)cc1. The van der Waals surface area contributed by atoms with Gasteiger partial charge in [0, 0.05) is 5.69 Å². The van der Waals surface area contributed by atoms with Crippen molar-refractivity contribution in [2.24, 2.45) is 0 Å². The van der Waals surface area contributed by atoms with Crippen molar-refractivity contribution in [3.05, 3.63) is 29.8 Å². The molecule has 82 valence electrons. The summed E-state index contributed by atoms with van der Waals surface area (Å²) in [7, 11) is 0. The molecule has 0 bridgehead atoms. The number of thiol groups is 1. The van der Waals surface area contributed by atoms with Gasteiger partial charge in [0.25, 0.3) is 0 Å². The molecule has 0 fully saturated rings. The van der Waals surface area contributed by atoms with Crippen LogP contribution in [0.3, 0.4) is 0 Å². The average molecular weight is 223 g/mol. The molecule has 3 heteroatoms. The van der Waals surface area contributed by atoms with E-state index in [-0.39, 0.29) is 11.2 Å². The summed E-state index contributed by atoms with van der Waals surface area (Å²) in [6.45, 7) is 3.90. The van der Waals surface area contributed by atoms with E-state index in [9.17, 15) is 4.79 Å². The van der Waals surface area contributed by atoms with Crippen LogP contribution >= 0.6 is 12.6 Å². The predicted molar refractivity (Wildman–Crippen MR) is 67.5 cm³/mol. The van der Waals surface area contributed by atoms with E-state index in [1.54, 1.807) is 6.92 Å². The highest BCUT2D eigenvalue weighted by Gasteiger charge is 2.07. The van der Waals surface area contributed by atoms with Crippen LogP contribution in [0.4, 0.5) is 5.69 Å². The molecule has 0 radical (unpaired) electrons. The molecule has 1 unspecified atom stereocenters. The minimum Gasteiger partial charge on any atom is -0.325 e. The maximum absolute atomic E-state index is 11.3. The van der Waals surface area contributed by atoms with E-state index in [1.165, 1.54) is 5.56 Å². The zero-order valence-corrected chi connectivity index (χ0v) is 10.1. The second kappa shape index (κ2) is 5.81. The lowest BCUT2D eigenvalue weighted by Gasteiger charge is -2.07. The Bertz CT molecular complexity index is 319. The van der Waals surface area contributed by atoms with Crippen LogP contribution in [0.2, 0.25) is 0 Å². The highest BCUT2D eigenvalue weighted by atomic mass is 32.1. The minimum absolute atomic E-state index is 0.0680. The number of rotatable bonds is 4. The van der Waals surface area contributed by atoms with Crippen molar-refractivity contribution in [2.45, 2.75) is 31.9 Å². The van der Waals surface area contributed by atoms with Crippen LogP contribution in [0, 0.1) is 0 Å². The number of anilines is 1. The predicted octanol–water partition coefficient (Wildman–Crippen LogP) is 2.90. The Balaban J connectivity index is 2.60. The fourth-order valence-corrected chi connectivity index (χ4v) is 1.35. The molecule has 0 heterocycles. The van der Waals surface area contributed by atoms with Gasteiger partial charge in [-0.15, -0.1) is 0 Å². The van der Waals surface area contributed by atoms with Crippen molar-refractivity contribution in [3.63, 3.8) is 0 Å². The van der Waals surface area contributed by atoms with E-state index in [0.29, 0.717) is 0 Å². The molecule has 1 aromatic carbocycles. The van der Waals surface area contributed by atoms with Gasteiger partial charge >= 0.3 is 0 Å². The van der Waals surface area contributed by atoms with Crippen molar-refractivity contribution >= 4 is 24.2 Å². The van der Waals surface area contributed by atoms with Gasteiger partial charge < -0.3 is 5.32 Å². The first-order valence-corrected chi connectivity index (χ1v) is 5.73. The number of carbonyl (C=O) groups is 1. The summed E-state index contributed by atoms with van der Waals surface area (Å²) < 4.78 is 0. The van der Waals surface area contributed by atoms with Crippen molar-refractivity contribution in [3.8, 4) is 0 Å². The molecular formula is C12H17NOS. The number of hydrogen-bond donors (Lipinski definition) is 2. The normalized spacial score (nSPS) is 12.2. The van der Waals surface area contributed by atoms with Crippen molar-refractivity contribution < 1.29 is 4.79 Å². The fraction of sp³-hybridized carbons (Fsp3) is 0.417. The standard InChI is InChI=1S/C12H17NOS/c1-3-4-10-5-7-11(8-6-10)13-12(14)9(2)15/h5-9,15H,3-4H2,1-2H3,(H,13,14). The molecule has 2 nitrogen and oxygen atoms in total. The number of nitrogens with one attached hydrogen (secondary N) is 1. The van der Waals surface area contributed by atoms with Gasteiger partial charge in [0.15, 0.2) is 0 Å². The average Bonchev–Trinajstić information content (AvgIpc) is 2.21. The third kappa shape index (κ3) is 3.96. The van der Waals surface area contributed by atoms with Crippen LogP contribution in [0.5, 0.6) is 0 Å². The van der Waals surface area contributed by atoms with Crippen molar-refractivity contribution in [1.82, 2.24) is 0 Å². The molecule has 1 amide bonds. The molecule has 1 atom stereocenters. The number of benzene rings is 1. The summed E-state index contributed by atoms with van der Waals surface area (Å²) >= 11 is 4.07. The van der Waals surface area contributed by atoms with Gasteiger partial charge in [0.1, 0.15) is 0 Å². The first-order valence-electron chi connectivity index (χ1n) is 5.21. The molecule has 0 aliphatic rings. The van der Waals surface area contributed by atoms with Crippen LogP contribution in [0.15, 0.2) is 24.3 Å². The van der Waals surface area contributed by atoms with Crippen molar-refractivity contribution in [1.29, 1.82) is 0 Å². The van der Waals surface area contributed by atoms with Gasteiger partial charge in [0.05, 0.1) is 5.25 Å². The third-order valence-electron chi connectivity index (χ3n) is 2.14. The Morgan fingerprint density at radius 2 is 2.00 bits per heavy atom. The van der Waals surface area contributed by atoms with E-state index in [2.05, 4.69) is 24.9 Å². The molecule has 1 N–H and O–H groups in total. The van der Waals surface area contributed by atoms with Crippen LogP contribution in [-0.4, -0.2) is 11.2 Å². The molecule has 1 rings (SSSR count). The first-order chi connectivity index (χ1) is 7.13. The summed E-state index contributed by atoms with van der Waals surface area (Å²) in [6.07, 6.45) is 2.22. The van der Waals surface area contributed by atoms with Gasteiger partial charge in [-0.2, -0.15) is 12.6 Å². The molecule has 0 aliphatic heterocycles. The second-order valence-corrected chi connectivity index (χ2v) is 4.39. The molecule has 0 aromatic heterocycles. The maximum Gasteiger partial charge on any atom is 0.236 e. The quantitative estimate of drug-likeness (QED) is 0.755. The van der Waals surface area contributed by atoms with Gasteiger partial charge in [-0.1, -0.05) is 25.5 Å². The molecule has 0 spiro atoms. The minimum atomic E-state index is -0.277. The lowest BCUT2D eigenvalue weighted by Crippen LogP contribution is -2.20. The largest absolute Gasteiger partial charge is 0.325 e. The van der Waals surface area contributed by atoms with E-state index >= 15 is 0 Å². The van der Waals surface area contributed by atoms with Crippen molar-refractivity contribution in [2.75, 3.05) is 5.32 Å². The Labute approximate surface area is 96.5 Å². The summed E-state index contributed by atoms with van der Waals surface area (Å²) in [4.78, 5) is 11.3. The fourth-order valence-electron chi connectivity index (χ4n) is 1.29. The zero-order chi connectivity index (χ0) is 11.3. The number of aryl methyl sites for hydroxylation is 1. The topological polar surface area (TPSA) is 29.1 Å². The van der Waals surface area contributed by atoms with Crippen LogP contribution in [0.25, 0.3) is 0 Å². The second-order valence-electron chi connectivity index (χ2n) is 3.61. The van der Waals surface area contributed by atoms with Crippen LogP contribution < -0.4 is 5.32 Å². The van der Waals surface area contributed by atoms with E-state index in [4.69, 9.17) is 0 Å².